The Morgan fingerprint density at radius 2 is 2.05 bits per heavy atom. The molecule has 3 atom stereocenters. The van der Waals surface area contributed by atoms with Crippen molar-refractivity contribution in [2.45, 2.75) is 45.1 Å². The first-order valence-corrected chi connectivity index (χ1v) is 7.78. The summed E-state index contributed by atoms with van der Waals surface area (Å²) in [5.74, 6) is 3.91. The number of likely N-dealkylation sites (tertiary alicyclic amines) is 1. The first-order chi connectivity index (χ1) is 9.28. The average molecular weight is 262 g/mol. The molecule has 3 rings (SSSR count). The van der Waals surface area contributed by atoms with Crippen LogP contribution in [0.1, 0.15) is 49.7 Å². The molecule has 0 spiro atoms. The molecule has 3 heteroatoms. The number of fused-ring (bicyclic) bond motifs is 1. The van der Waals surface area contributed by atoms with Crippen LogP contribution in [-0.2, 0) is 0 Å². The van der Waals surface area contributed by atoms with E-state index in [1.54, 1.807) is 0 Å². The van der Waals surface area contributed by atoms with Crippen LogP contribution in [0.4, 0.5) is 0 Å². The fourth-order valence-corrected chi connectivity index (χ4v) is 3.99. The van der Waals surface area contributed by atoms with E-state index in [4.69, 9.17) is 10.2 Å². The molecule has 0 radical (unpaired) electrons. The molecule has 2 heterocycles. The lowest BCUT2D eigenvalue weighted by Crippen LogP contribution is -2.45. The Kier molecular flexibility index (Phi) is 3.94. The van der Waals surface area contributed by atoms with E-state index in [2.05, 4.69) is 11.0 Å². The number of furan rings is 1. The van der Waals surface area contributed by atoms with Crippen LogP contribution in [0.25, 0.3) is 0 Å². The van der Waals surface area contributed by atoms with Gasteiger partial charge in [0.1, 0.15) is 11.5 Å². The molecule has 2 aliphatic rings. The van der Waals surface area contributed by atoms with E-state index in [0.29, 0.717) is 6.54 Å². The van der Waals surface area contributed by atoms with E-state index in [1.807, 2.05) is 13.0 Å². The number of piperidine rings is 1. The van der Waals surface area contributed by atoms with Gasteiger partial charge in [-0.3, -0.25) is 4.90 Å². The highest BCUT2D eigenvalue weighted by Crippen LogP contribution is 2.38. The summed E-state index contributed by atoms with van der Waals surface area (Å²) in [6, 6.07) is 4.42. The smallest absolute Gasteiger partial charge is 0.122 e. The third-order valence-corrected chi connectivity index (χ3v) is 5.08. The molecule has 2 fully saturated rings. The summed E-state index contributed by atoms with van der Waals surface area (Å²) < 4.78 is 5.80. The number of hydrogen-bond donors (Lipinski definition) is 1. The van der Waals surface area contributed by atoms with Crippen LogP contribution in [-0.4, -0.2) is 24.5 Å². The molecule has 106 valence electrons. The number of nitrogens with two attached hydrogens (primary N) is 1. The summed E-state index contributed by atoms with van der Waals surface area (Å²) in [7, 11) is 0. The highest BCUT2D eigenvalue weighted by atomic mass is 16.3. The Morgan fingerprint density at radius 3 is 2.74 bits per heavy atom. The minimum Gasteiger partial charge on any atom is -0.465 e. The molecule has 3 nitrogen and oxygen atoms in total. The zero-order valence-corrected chi connectivity index (χ0v) is 12.0. The maximum Gasteiger partial charge on any atom is 0.122 e. The Morgan fingerprint density at radius 1 is 1.26 bits per heavy atom. The molecule has 1 aromatic heterocycles. The Balaban J connectivity index is 1.70. The number of rotatable bonds is 3. The number of aryl methyl sites for hydroxylation is 1. The van der Waals surface area contributed by atoms with Crippen LogP contribution in [0.5, 0.6) is 0 Å². The van der Waals surface area contributed by atoms with Gasteiger partial charge < -0.3 is 10.2 Å². The molecule has 1 aliphatic heterocycles. The predicted molar refractivity (Wildman–Crippen MR) is 76.9 cm³/mol. The van der Waals surface area contributed by atoms with Crippen molar-refractivity contribution in [2.75, 3.05) is 19.6 Å². The van der Waals surface area contributed by atoms with Gasteiger partial charge in [0.25, 0.3) is 0 Å². The molecule has 1 aromatic rings. The minimum atomic E-state index is 0.275. The van der Waals surface area contributed by atoms with Gasteiger partial charge in [-0.05, 0) is 50.3 Å². The first-order valence-electron chi connectivity index (χ1n) is 7.78. The molecule has 3 unspecified atom stereocenters. The second kappa shape index (κ2) is 5.68. The van der Waals surface area contributed by atoms with E-state index in [-0.39, 0.29) is 6.04 Å². The fourth-order valence-electron chi connectivity index (χ4n) is 3.99. The van der Waals surface area contributed by atoms with Gasteiger partial charge in [-0.25, -0.2) is 0 Å². The first kappa shape index (κ1) is 13.2. The van der Waals surface area contributed by atoms with Crippen molar-refractivity contribution in [1.82, 2.24) is 4.90 Å². The Hall–Kier alpha value is -0.800. The molecular weight excluding hydrogens is 236 g/mol. The van der Waals surface area contributed by atoms with Gasteiger partial charge in [0.15, 0.2) is 0 Å². The third-order valence-electron chi connectivity index (χ3n) is 5.08. The van der Waals surface area contributed by atoms with Crippen LogP contribution < -0.4 is 5.73 Å². The number of hydrogen-bond acceptors (Lipinski definition) is 3. The Labute approximate surface area is 116 Å². The van der Waals surface area contributed by atoms with E-state index in [1.165, 1.54) is 45.2 Å². The lowest BCUT2D eigenvalue weighted by atomic mass is 9.75. The zero-order chi connectivity index (χ0) is 13.2. The lowest BCUT2D eigenvalue weighted by molar-refractivity contribution is 0.0517. The SMILES string of the molecule is Cc1ccc(C(CN)N2CCC3CCCCC3C2)o1. The van der Waals surface area contributed by atoms with Crippen molar-refractivity contribution in [2.24, 2.45) is 17.6 Å². The molecule has 0 aromatic carbocycles. The van der Waals surface area contributed by atoms with Crippen molar-refractivity contribution in [1.29, 1.82) is 0 Å². The van der Waals surface area contributed by atoms with E-state index in [9.17, 15) is 0 Å². The fraction of sp³-hybridized carbons (Fsp3) is 0.750. The van der Waals surface area contributed by atoms with E-state index >= 15 is 0 Å². The largest absolute Gasteiger partial charge is 0.465 e. The second-order valence-electron chi connectivity index (χ2n) is 6.29. The molecule has 1 saturated heterocycles. The second-order valence-corrected chi connectivity index (χ2v) is 6.29. The van der Waals surface area contributed by atoms with Crippen LogP contribution in [0.2, 0.25) is 0 Å². The van der Waals surface area contributed by atoms with Crippen LogP contribution in [0.15, 0.2) is 16.5 Å². The summed E-state index contributed by atoms with van der Waals surface area (Å²) in [4.78, 5) is 2.56. The molecule has 0 amide bonds. The van der Waals surface area contributed by atoms with Gasteiger partial charge in [0.05, 0.1) is 6.04 Å². The van der Waals surface area contributed by atoms with Crippen molar-refractivity contribution < 1.29 is 4.42 Å². The maximum absolute atomic E-state index is 6.01. The van der Waals surface area contributed by atoms with Crippen molar-refractivity contribution >= 4 is 0 Å². The van der Waals surface area contributed by atoms with Crippen LogP contribution >= 0.6 is 0 Å². The van der Waals surface area contributed by atoms with Gasteiger partial charge in [-0.2, -0.15) is 0 Å². The van der Waals surface area contributed by atoms with Gasteiger partial charge in [-0.15, -0.1) is 0 Å². The van der Waals surface area contributed by atoms with E-state index in [0.717, 1.165) is 23.4 Å². The molecular formula is C16H26N2O. The average Bonchev–Trinajstić information content (AvgIpc) is 2.86. The van der Waals surface area contributed by atoms with Gasteiger partial charge in [0.2, 0.25) is 0 Å². The van der Waals surface area contributed by atoms with E-state index < -0.39 is 0 Å². The summed E-state index contributed by atoms with van der Waals surface area (Å²) in [6.07, 6.45) is 7.07. The van der Waals surface area contributed by atoms with Crippen LogP contribution in [0, 0.1) is 18.8 Å². The normalized spacial score (nSPS) is 30.0. The monoisotopic (exact) mass is 262 g/mol. The molecule has 1 saturated carbocycles. The zero-order valence-electron chi connectivity index (χ0n) is 12.0. The van der Waals surface area contributed by atoms with Crippen LogP contribution in [0.3, 0.4) is 0 Å². The highest BCUT2D eigenvalue weighted by Gasteiger charge is 2.34. The maximum atomic E-state index is 6.01. The van der Waals surface area contributed by atoms with Gasteiger partial charge in [0, 0.05) is 13.1 Å². The molecule has 19 heavy (non-hydrogen) atoms. The van der Waals surface area contributed by atoms with Gasteiger partial charge in [-0.1, -0.05) is 19.3 Å². The highest BCUT2D eigenvalue weighted by molar-refractivity contribution is 5.11. The minimum absolute atomic E-state index is 0.275. The number of nitrogens with zero attached hydrogens (tertiary/aromatic N) is 1. The molecule has 0 bridgehead atoms. The van der Waals surface area contributed by atoms with Gasteiger partial charge >= 0.3 is 0 Å². The van der Waals surface area contributed by atoms with Crippen molar-refractivity contribution in [3.63, 3.8) is 0 Å². The Bertz CT molecular complexity index is 415. The standard InChI is InChI=1S/C16H26N2O/c1-12-6-7-16(19-12)15(10-17)18-9-8-13-4-2-3-5-14(13)11-18/h6-7,13-15H,2-5,8-11,17H2,1H3. The summed E-state index contributed by atoms with van der Waals surface area (Å²) in [5.41, 5.74) is 6.01. The molecule has 1 aliphatic carbocycles. The predicted octanol–water partition coefficient (Wildman–Crippen LogP) is 3.10. The van der Waals surface area contributed by atoms with Crippen molar-refractivity contribution in [3.05, 3.63) is 23.7 Å². The van der Waals surface area contributed by atoms with Crippen molar-refractivity contribution in [3.8, 4) is 0 Å². The summed E-state index contributed by atoms with van der Waals surface area (Å²) in [6.45, 7) is 5.06. The quantitative estimate of drug-likeness (QED) is 0.910. The summed E-state index contributed by atoms with van der Waals surface area (Å²) in [5, 5.41) is 0. The lowest BCUT2D eigenvalue weighted by Gasteiger charge is -2.43. The summed E-state index contributed by atoms with van der Waals surface area (Å²) >= 11 is 0. The molecule has 2 N–H and O–H groups in total. The third kappa shape index (κ3) is 2.72. The topological polar surface area (TPSA) is 42.4 Å².